The van der Waals surface area contributed by atoms with E-state index < -0.39 is 0 Å². The number of nitrogens with zero attached hydrogens (tertiary/aromatic N) is 1. The Bertz CT molecular complexity index is 1100. The van der Waals surface area contributed by atoms with Crippen molar-refractivity contribution in [2.24, 2.45) is 0 Å². The van der Waals surface area contributed by atoms with E-state index in [-0.39, 0.29) is 11.9 Å². The van der Waals surface area contributed by atoms with Crippen molar-refractivity contribution in [1.82, 2.24) is 10.2 Å². The summed E-state index contributed by atoms with van der Waals surface area (Å²) in [7, 11) is 1.61. The summed E-state index contributed by atoms with van der Waals surface area (Å²) in [6.07, 6.45) is 5.64. The van der Waals surface area contributed by atoms with Crippen LogP contribution in [0.5, 0.6) is 5.75 Å². The lowest BCUT2D eigenvalue weighted by Crippen LogP contribution is -2.56. The van der Waals surface area contributed by atoms with Crippen LogP contribution < -0.4 is 15.8 Å². The molecule has 3 aromatic carbocycles. The molecule has 0 radical (unpaired) electrons. The standard InChI is InChI=1S/C27H31N3O2/c1-32-26-23-13-6-5-12-22(23)25(28)16-24(26)27(31)29-19-14-20-10-7-11-21(15-19)30(20)17-18-8-3-2-4-9-18/h2-6,8-9,12-13,16,19-21H,7,10-11,14-15,17,28H2,1H3,(H,29,31). The summed E-state index contributed by atoms with van der Waals surface area (Å²) in [6.45, 7) is 0.992. The SMILES string of the molecule is COc1c(C(=O)NC2CC3CCCC(C2)N3Cc2ccccc2)cc(N)c2ccccc12. The normalized spacial score (nSPS) is 23.1. The number of rotatable bonds is 5. The Balaban J connectivity index is 1.34. The molecule has 0 saturated carbocycles. The molecule has 5 nitrogen and oxygen atoms in total. The topological polar surface area (TPSA) is 67.6 Å². The van der Waals surface area contributed by atoms with E-state index in [1.807, 2.05) is 24.3 Å². The molecular formula is C27H31N3O2. The Kier molecular flexibility index (Phi) is 5.75. The largest absolute Gasteiger partial charge is 0.495 e. The molecule has 2 bridgehead atoms. The zero-order valence-electron chi connectivity index (χ0n) is 18.6. The van der Waals surface area contributed by atoms with E-state index in [1.165, 1.54) is 24.8 Å². The second kappa shape index (κ2) is 8.83. The van der Waals surface area contributed by atoms with Gasteiger partial charge >= 0.3 is 0 Å². The van der Waals surface area contributed by atoms with Crippen molar-refractivity contribution in [1.29, 1.82) is 0 Å². The number of methoxy groups -OCH3 is 1. The first kappa shape index (κ1) is 20.8. The van der Waals surface area contributed by atoms with Crippen molar-refractivity contribution in [2.45, 2.75) is 56.8 Å². The molecule has 3 N–H and O–H groups in total. The number of fused-ring (bicyclic) bond motifs is 3. The summed E-state index contributed by atoms with van der Waals surface area (Å²) in [6, 6.07) is 21.4. The summed E-state index contributed by atoms with van der Waals surface area (Å²) in [5.41, 5.74) is 8.75. The average molecular weight is 430 g/mol. The van der Waals surface area contributed by atoms with E-state index in [0.717, 1.165) is 30.2 Å². The minimum Gasteiger partial charge on any atom is -0.495 e. The lowest BCUT2D eigenvalue weighted by Gasteiger charge is -2.49. The van der Waals surface area contributed by atoms with E-state index in [9.17, 15) is 4.79 Å². The second-order valence-electron chi connectivity index (χ2n) is 9.13. The van der Waals surface area contributed by atoms with Crippen molar-refractivity contribution in [3.05, 3.63) is 71.8 Å². The molecule has 32 heavy (non-hydrogen) atoms. The Hall–Kier alpha value is -3.05. The molecule has 2 heterocycles. The molecule has 166 valence electrons. The number of hydrogen-bond acceptors (Lipinski definition) is 4. The van der Waals surface area contributed by atoms with E-state index >= 15 is 0 Å². The first-order valence-corrected chi connectivity index (χ1v) is 11.6. The van der Waals surface area contributed by atoms with Crippen molar-refractivity contribution >= 4 is 22.4 Å². The number of nitrogens with two attached hydrogens (primary N) is 1. The van der Waals surface area contributed by atoms with Crippen molar-refractivity contribution < 1.29 is 9.53 Å². The monoisotopic (exact) mass is 429 g/mol. The molecule has 2 aliphatic heterocycles. The van der Waals surface area contributed by atoms with Gasteiger partial charge in [0, 0.05) is 41.1 Å². The molecule has 0 spiro atoms. The number of ether oxygens (including phenoxy) is 1. The van der Waals surface area contributed by atoms with Gasteiger partial charge in [0.25, 0.3) is 5.91 Å². The summed E-state index contributed by atoms with van der Waals surface area (Å²) >= 11 is 0. The van der Waals surface area contributed by atoms with Crippen LogP contribution in [0.25, 0.3) is 10.8 Å². The number of amides is 1. The highest BCUT2D eigenvalue weighted by Crippen LogP contribution is 2.37. The average Bonchev–Trinajstić information content (AvgIpc) is 2.80. The van der Waals surface area contributed by atoms with Crippen LogP contribution in [0.1, 0.15) is 48.0 Å². The first-order chi connectivity index (χ1) is 15.6. The molecule has 0 aromatic heterocycles. The molecule has 5 rings (SSSR count). The van der Waals surface area contributed by atoms with Gasteiger partial charge in [-0.3, -0.25) is 9.69 Å². The molecule has 2 unspecified atom stereocenters. The smallest absolute Gasteiger partial charge is 0.255 e. The van der Waals surface area contributed by atoms with Crippen LogP contribution in [-0.2, 0) is 6.54 Å². The lowest BCUT2D eigenvalue weighted by atomic mass is 9.81. The highest BCUT2D eigenvalue weighted by Gasteiger charge is 2.38. The van der Waals surface area contributed by atoms with Gasteiger partial charge in [0.1, 0.15) is 5.75 Å². The Morgan fingerprint density at radius 2 is 1.69 bits per heavy atom. The minimum atomic E-state index is -0.0983. The maximum atomic E-state index is 13.3. The highest BCUT2D eigenvalue weighted by molar-refractivity contribution is 6.08. The van der Waals surface area contributed by atoms with Gasteiger partial charge < -0.3 is 15.8 Å². The van der Waals surface area contributed by atoms with Gasteiger partial charge in [-0.05, 0) is 37.3 Å². The van der Waals surface area contributed by atoms with Crippen LogP contribution in [0.15, 0.2) is 60.7 Å². The van der Waals surface area contributed by atoms with Gasteiger partial charge in [-0.1, -0.05) is 61.0 Å². The quantitative estimate of drug-likeness (QED) is 0.575. The molecule has 0 aliphatic carbocycles. The summed E-state index contributed by atoms with van der Waals surface area (Å²) in [5, 5.41) is 5.09. The summed E-state index contributed by atoms with van der Waals surface area (Å²) in [4.78, 5) is 16.0. The van der Waals surface area contributed by atoms with E-state index in [4.69, 9.17) is 10.5 Å². The molecule has 2 atom stereocenters. The Morgan fingerprint density at radius 1 is 1.03 bits per heavy atom. The third-order valence-corrected chi connectivity index (χ3v) is 7.15. The minimum absolute atomic E-state index is 0.0983. The molecular weight excluding hydrogens is 398 g/mol. The Labute approximate surface area is 189 Å². The number of nitrogen functional groups attached to an aromatic ring is 1. The number of carbonyl (C=O) groups is 1. The second-order valence-corrected chi connectivity index (χ2v) is 9.13. The summed E-state index contributed by atoms with van der Waals surface area (Å²) < 4.78 is 5.66. The number of piperidine rings is 2. The predicted molar refractivity (Wildman–Crippen MR) is 129 cm³/mol. The fourth-order valence-electron chi connectivity index (χ4n) is 5.68. The predicted octanol–water partition coefficient (Wildman–Crippen LogP) is 4.75. The third kappa shape index (κ3) is 3.93. The van der Waals surface area contributed by atoms with Crippen LogP contribution in [0.2, 0.25) is 0 Å². The molecule has 2 saturated heterocycles. The zero-order valence-corrected chi connectivity index (χ0v) is 18.6. The van der Waals surface area contributed by atoms with Crippen LogP contribution in [0.4, 0.5) is 5.69 Å². The molecule has 2 aliphatic rings. The van der Waals surface area contributed by atoms with Crippen LogP contribution in [-0.4, -0.2) is 36.0 Å². The fourth-order valence-corrected chi connectivity index (χ4v) is 5.68. The van der Waals surface area contributed by atoms with Gasteiger partial charge in [-0.15, -0.1) is 0 Å². The maximum Gasteiger partial charge on any atom is 0.255 e. The van der Waals surface area contributed by atoms with Gasteiger partial charge in [0.15, 0.2) is 0 Å². The van der Waals surface area contributed by atoms with Crippen LogP contribution in [0, 0.1) is 0 Å². The third-order valence-electron chi connectivity index (χ3n) is 7.15. The first-order valence-electron chi connectivity index (χ1n) is 11.6. The van der Waals surface area contributed by atoms with E-state index in [1.54, 1.807) is 13.2 Å². The van der Waals surface area contributed by atoms with Crippen molar-refractivity contribution in [3.63, 3.8) is 0 Å². The number of hydrogen-bond donors (Lipinski definition) is 2. The van der Waals surface area contributed by atoms with E-state index in [0.29, 0.717) is 29.1 Å². The number of carbonyl (C=O) groups excluding carboxylic acids is 1. The lowest BCUT2D eigenvalue weighted by molar-refractivity contribution is 0.0177. The van der Waals surface area contributed by atoms with Crippen molar-refractivity contribution in [2.75, 3.05) is 12.8 Å². The Morgan fingerprint density at radius 3 is 2.38 bits per heavy atom. The number of anilines is 1. The highest BCUT2D eigenvalue weighted by atomic mass is 16.5. The fraction of sp³-hybridized carbons (Fsp3) is 0.370. The maximum absolute atomic E-state index is 13.3. The van der Waals surface area contributed by atoms with E-state index in [2.05, 4.69) is 40.5 Å². The molecule has 3 aromatic rings. The zero-order chi connectivity index (χ0) is 22.1. The van der Waals surface area contributed by atoms with Crippen LogP contribution in [0.3, 0.4) is 0 Å². The van der Waals surface area contributed by atoms with Gasteiger partial charge in [0.05, 0.1) is 12.7 Å². The number of nitrogens with one attached hydrogen (secondary N) is 1. The molecule has 2 fully saturated rings. The molecule has 1 amide bonds. The van der Waals surface area contributed by atoms with Gasteiger partial charge in [0.2, 0.25) is 0 Å². The summed E-state index contributed by atoms with van der Waals surface area (Å²) in [5.74, 6) is 0.493. The van der Waals surface area contributed by atoms with Gasteiger partial charge in [-0.2, -0.15) is 0 Å². The van der Waals surface area contributed by atoms with Gasteiger partial charge in [-0.25, -0.2) is 0 Å². The number of benzene rings is 3. The van der Waals surface area contributed by atoms with Crippen LogP contribution >= 0.6 is 0 Å². The molecule has 5 heteroatoms. The van der Waals surface area contributed by atoms with Crippen molar-refractivity contribution in [3.8, 4) is 5.75 Å².